The van der Waals surface area contributed by atoms with Gasteiger partial charge in [0.05, 0.1) is 35.0 Å². The molecule has 1 amide bonds. The molecule has 2 aromatic rings. The molecule has 8 nitrogen and oxygen atoms in total. The molecule has 0 unspecified atom stereocenters. The molecule has 0 N–H and O–H groups in total. The zero-order chi connectivity index (χ0) is 23.1. The van der Waals surface area contributed by atoms with E-state index < -0.39 is 0 Å². The number of methoxy groups -OCH3 is 4. The number of ether oxygens (including phenoxy) is 5. The van der Waals surface area contributed by atoms with Crippen LogP contribution in [0.25, 0.3) is 0 Å². The first-order chi connectivity index (χ1) is 15.5. The molecule has 0 aromatic heterocycles. The Morgan fingerprint density at radius 1 is 0.812 bits per heavy atom. The molecular formula is C24H32N2O6. The summed E-state index contributed by atoms with van der Waals surface area (Å²) in [5.74, 6) is 2.85. The SMILES string of the molecule is CCOc1cc(CN2CCN(C(=O)c3cc(OC)c(OC)c(OC)c3)CC2)ccc1OC. The molecule has 1 saturated heterocycles. The number of piperazine rings is 1. The molecule has 32 heavy (non-hydrogen) atoms. The fourth-order valence-electron chi connectivity index (χ4n) is 3.84. The highest BCUT2D eigenvalue weighted by molar-refractivity contribution is 5.95. The van der Waals surface area contributed by atoms with Crippen molar-refractivity contribution < 1.29 is 28.5 Å². The van der Waals surface area contributed by atoms with Crippen molar-refractivity contribution in [2.24, 2.45) is 0 Å². The van der Waals surface area contributed by atoms with Crippen LogP contribution in [0.1, 0.15) is 22.8 Å². The number of amides is 1. The largest absolute Gasteiger partial charge is 0.493 e. The molecule has 0 saturated carbocycles. The Balaban J connectivity index is 1.65. The van der Waals surface area contributed by atoms with Crippen LogP contribution in [0.2, 0.25) is 0 Å². The molecule has 174 valence electrons. The summed E-state index contributed by atoms with van der Waals surface area (Å²) in [7, 11) is 6.27. The average molecular weight is 445 g/mol. The van der Waals surface area contributed by atoms with Gasteiger partial charge in [-0.1, -0.05) is 6.07 Å². The van der Waals surface area contributed by atoms with Crippen molar-refractivity contribution in [3.8, 4) is 28.7 Å². The summed E-state index contributed by atoms with van der Waals surface area (Å²) in [5.41, 5.74) is 1.67. The summed E-state index contributed by atoms with van der Waals surface area (Å²) in [4.78, 5) is 17.3. The van der Waals surface area contributed by atoms with Gasteiger partial charge in [-0.3, -0.25) is 9.69 Å². The van der Waals surface area contributed by atoms with E-state index in [9.17, 15) is 4.79 Å². The lowest BCUT2D eigenvalue weighted by atomic mass is 10.1. The Labute approximate surface area is 189 Å². The first kappa shape index (κ1) is 23.5. The van der Waals surface area contributed by atoms with Crippen LogP contribution in [0, 0.1) is 0 Å². The molecule has 1 aliphatic rings. The van der Waals surface area contributed by atoms with Crippen LogP contribution < -0.4 is 23.7 Å². The van der Waals surface area contributed by atoms with Crippen LogP contribution in [0.5, 0.6) is 28.7 Å². The van der Waals surface area contributed by atoms with Gasteiger partial charge in [0.25, 0.3) is 5.91 Å². The molecule has 0 bridgehead atoms. The highest BCUT2D eigenvalue weighted by Gasteiger charge is 2.25. The third-order valence-corrected chi connectivity index (χ3v) is 5.51. The maximum atomic E-state index is 13.1. The van der Waals surface area contributed by atoms with E-state index in [4.69, 9.17) is 23.7 Å². The molecule has 0 atom stereocenters. The van der Waals surface area contributed by atoms with E-state index in [-0.39, 0.29) is 5.91 Å². The zero-order valence-corrected chi connectivity index (χ0v) is 19.5. The van der Waals surface area contributed by atoms with Crippen LogP contribution in [0.3, 0.4) is 0 Å². The second-order valence-electron chi connectivity index (χ2n) is 7.40. The van der Waals surface area contributed by atoms with Gasteiger partial charge in [0.2, 0.25) is 5.75 Å². The van der Waals surface area contributed by atoms with Crippen molar-refractivity contribution in [2.45, 2.75) is 13.5 Å². The van der Waals surface area contributed by atoms with Gasteiger partial charge in [0.1, 0.15) is 0 Å². The van der Waals surface area contributed by atoms with Gasteiger partial charge in [-0.05, 0) is 36.8 Å². The summed E-state index contributed by atoms with van der Waals surface area (Å²) in [6, 6.07) is 9.40. The number of rotatable bonds is 9. The number of carbonyl (C=O) groups is 1. The minimum Gasteiger partial charge on any atom is -0.493 e. The number of hydrogen-bond donors (Lipinski definition) is 0. The Kier molecular flexibility index (Phi) is 8.05. The molecule has 3 rings (SSSR count). The summed E-state index contributed by atoms with van der Waals surface area (Å²) >= 11 is 0. The lowest BCUT2D eigenvalue weighted by molar-refractivity contribution is 0.0627. The van der Waals surface area contributed by atoms with E-state index in [1.165, 1.54) is 0 Å². The molecule has 2 aromatic carbocycles. The predicted octanol–water partition coefficient (Wildman–Crippen LogP) is 3.08. The number of benzene rings is 2. The van der Waals surface area contributed by atoms with Gasteiger partial charge < -0.3 is 28.6 Å². The Morgan fingerprint density at radius 2 is 1.44 bits per heavy atom. The van der Waals surface area contributed by atoms with E-state index in [0.29, 0.717) is 42.5 Å². The maximum Gasteiger partial charge on any atom is 0.254 e. The highest BCUT2D eigenvalue weighted by atomic mass is 16.5. The fourth-order valence-corrected chi connectivity index (χ4v) is 3.84. The normalized spacial score (nSPS) is 14.1. The first-order valence-corrected chi connectivity index (χ1v) is 10.7. The molecule has 1 fully saturated rings. The third kappa shape index (κ3) is 5.19. The van der Waals surface area contributed by atoms with Gasteiger partial charge in [-0.15, -0.1) is 0 Å². The van der Waals surface area contributed by atoms with Crippen LogP contribution in [0.15, 0.2) is 30.3 Å². The second-order valence-corrected chi connectivity index (χ2v) is 7.40. The molecular weight excluding hydrogens is 412 g/mol. The molecule has 1 aliphatic heterocycles. The van der Waals surface area contributed by atoms with Crippen LogP contribution in [-0.4, -0.2) is 76.9 Å². The number of carbonyl (C=O) groups excluding carboxylic acids is 1. The predicted molar refractivity (Wildman–Crippen MR) is 121 cm³/mol. The Hall–Kier alpha value is -3.13. The second kappa shape index (κ2) is 10.9. The van der Waals surface area contributed by atoms with E-state index >= 15 is 0 Å². The average Bonchev–Trinajstić information content (AvgIpc) is 2.83. The van der Waals surface area contributed by atoms with Crippen molar-refractivity contribution >= 4 is 5.91 Å². The van der Waals surface area contributed by atoms with Crippen molar-refractivity contribution in [1.29, 1.82) is 0 Å². The third-order valence-electron chi connectivity index (χ3n) is 5.51. The lowest BCUT2D eigenvalue weighted by Gasteiger charge is -2.35. The Bertz CT molecular complexity index is 900. The summed E-state index contributed by atoms with van der Waals surface area (Å²) in [5, 5.41) is 0. The quantitative estimate of drug-likeness (QED) is 0.589. The molecule has 0 spiro atoms. The van der Waals surface area contributed by atoms with Gasteiger partial charge in [-0.25, -0.2) is 0 Å². The van der Waals surface area contributed by atoms with Gasteiger partial charge in [0.15, 0.2) is 23.0 Å². The van der Waals surface area contributed by atoms with Crippen LogP contribution in [0.4, 0.5) is 0 Å². The zero-order valence-electron chi connectivity index (χ0n) is 19.5. The number of hydrogen-bond acceptors (Lipinski definition) is 7. The molecule has 0 aliphatic carbocycles. The summed E-state index contributed by atoms with van der Waals surface area (Å²) < 4.78 is 27.2. The van der Waals surface area contributed by atoms with Crippen molar-refractivity contribution in [2.75, 3.05) is 61.2 Å². The summed E-state index contributed by atoms with van der Waals surface area (Å²) in [6.07, 6.45) is 0. The van der Waals surface area contributed by atoms with Crippen molar-refractivity contribution in [1.82, 2.24) is 9.80 Å². The lowest BCUT2D eigenvalue weighted by Crippen LogP contribution is -2.48. The van der Waals surface area contributed by atoms with Crippen molar-refractivity contribution in [3.63, 3.8) is 0 Å². The number of nitrogens with zero attached hydrogens (tertiary/aromatic N) is 2. The topological polar surface area (TPSA) is 69.7 Å². The monoisotopic (exact) mass is 444 g/mol. The molecule has 0 radical (unpaired) electrons. The molecule has 8 heteroatoms. The van der Waals surface area contributed by atoms with E-state index in [0.717, 1.165) is 36.7 Å². The van der Waals surface area contributed by atoms with Gasteiger partial charge in [-0.2, -0.15) is 0 Å². The standard InChI is InChI=1S/C24H32N2O6/c1-6-32-20-13-17(7-8-19(20)28-2)16-25-9-11-26(12-10-25)24(27)18-14-21(29-3)23(31-5)22(15-18)30-4/h7-8,13-15H,6,9-12,16H2,1-5H3. The van der Waals surface area contributed by atoms with Gasteiger partial charge >= 0.3 is 0 Å². The minimum absolute atomic E-state index is 0.0491. The maximum absolute atomic E-state index is 13.1. The minimum atomic E-state index is -0.0491. The Morgan fingerprint density at radius 3 is 1.97 bits per heavy atom. The summed E-state index contributed by atoms with van der Waals surface area (Å²) in [6.45, 7) is 6.18. The van der Waals surface area contributed by atoms with Crippen LogP contribution in [-0.2, 0) is 6.54 Å². The van der Waals surface area contributed by atoms with E-state index in [1.54, 1.807) is 40.6 Å². The van der Waals surface area contributed by atoms with E-state index in [2.05, 4.69) is 11.0 Å². The smallest absolute Gasteiger partial charge is 0.254 e. The van der Waals surface area contributed by atoms with Gasteiger partial charge in [0, 0.05) is 38.3 Å². The van der Waals surface area contributed by atoms with Crippen molar-refractivity contribution in [3.05, 3.63) is 41.5 Å². The first-order valence-electron chi connectivity index (χ1n) is 10.7. The molecule has 1 heterocycles. The van der Waals surface area contributed by atoms with E-state index in [1.807, 2.05) is 24.0 Å². The fraction of sp³-hybridized carbons (Fsp3) is 0.458. The van der Waals surface area contributed by atoms with Crippen LogP contribution >= 0.6 is 0 Å². The highest BCUT2D eigenvalue weighted by Crippen LogP contribution is 2.38.